The van der Waals surface area contributed by atoms with Crippen LogP contribution < -0.4 is 9.47 Å². The Morgan fingerprint density at radius 1 is 0.900 bits per heavy atom. The van der Waals surface area contributed by atoms with Gasteiger partial charge in [-0.15, -0.1) is 11.6 Å². The van der Waals surface area contributed by atoms with Crippen molar-refractivity contribution in [2.24, 2.45) is 0 Å². The predicted octanol–water partition coefficient (Wildman–Crippen LogP) is 4.58. The zero-order valence-corrected chi connectivity index (χ0v) is 12.6. The first-order valence-corrected chi connectivity index (χ1v) is 7.23. The first-order chi connectivity index (χ1) is 9.76. The molecule has 2 aromatic rings. The second-order valence-corrected chi connectivity index (χ2v) is 4.84. The van der Waals surface area contributed by atoms with Gasteiger partial charge in [-0.2, -0.15) is 0 Å². The van der Waals surface area contributed by atoms with E-state index in [0.717, 1.165) is 23.3 Å². The van der Waals surface area contributed by atoms with Gasteiger partial charge in [0.25, 0.3) is 0 Å². The van der Waals surface area contributed by atoms with Gasteiger partial charge in [-0.1, -0.05) is 37.3 Å². The quantitative estimate of drug-likeness (QED) is 0.725. The molecule has 0 bridgehead atoms. The van der Waals surface area contributed by atoms with Crippen LogP contribution in [0, 0.1) is 0 Å². The Balaban J connectivity index is 2.05. The van der Waals surface area contributed by atoms with E-state index in [9.17, 15) is 0 Å². The molecule has 0 aromatic heterocycles. The molecule has 0 saturated carbocycles. The Labute approximate surface area is 125 Å². The van der Waals surface area contributed by atoms with E-state index in [0.29, 0.717) is 18.2 Å². The summed E-state index contributed by atoms with van der Waals surface area (Å²) in [5.41, 5.74) is 3.49. The van der Waals surface area contributed by atoms with E-state index in [1.54, 1.807) is 7.11 Å². The summed E-state index contributed by atoms with van der Waals surface area (Å²) in [6, 6.07) is 14.2. The molecule has 0 amide bonds. The van der Waals surface area contributed by atoms with Gasteiger partial charge in [0.2, 0.25) is 0 Å². The standard InChI is InChI=1S/C17H19ClO2/c1-3-13-4-6-14(7-5-13)12-20-16-9-8-15(11-18)10-17(16)19-2/h4-10H,3,11-12H2,1-2H3. The number of methoxy groups -OCH3 is 1. The zero-order valence-electron chi connectivity index (χ0n) is 11.9. The van der Waals surface area contributed by atoms with Gasteiger partial charge in [0, 0.05) is 5.88 Å². The van der Waals surface area contributed by atoms with Crippen LogP contribution in [0.15, 0.2) is 42.5 Å². The van der Waals surface area contributed by atoms with Gasteiger partial charge in [-0.25, -0.2) is 0 Å². The van der Waals surface area contributed by atoms with Crippen molar-refractivity contribution < 1.29 is 9.47 Å². The molecule has 0 aliphatic rings. The molecule has 0 aliphatic carbocycles. The van der Waals surface area contributed by atoms with Gasteiger partial charge in [0.15, 0.2) is 11.5 Å². The van der Waals surface area contributed by atoms with Crippen molar-refractivity contribution in [3.8, 4) is 11.5 Å². The lowest BCUT2D eigenvalue weighted by atomic mass is 10.1. The third-order valence-corrected chi connectivity index (χ3v) is 3.52. The van der Waals surface area contributed by atoms with E-state index in [1.165, 1.54) is 5.56 Å². The number of alkyl halides is 1. The van der Waals surface area contributed by atoms with Gasteiger partial charge in [-0.05, 0) is 35.2 Å². The fraction of sp³-hybridized carbons (Fsp3) is 0.294. The van der Waals surface area contributed by atoms with Gasteiger partial charge < -0.3 is 9.47 Å². The summed E-state index contributed by atoms with van der Waals surface area (Å²) in [6.07, 6.45) is 1.05. The Hall–Kier alpha value is -1.67. The second kappa shape index (κ2) is 7.20. The summed E-state index contributed by atoms with van der Waals surface area (Å²) >= 11 is 5.81. The van der Waals surface area contributed by atoms with Gasteiger partial charge in [0.1, 0.15) is 6.61 Å². The smallest absolute Gasteiger partial charge is 0.161 e. The third kappa shape index (κ3) is 3.67. The van der Waals surface area contributed by atoms with Crippen LogP contribution in [0.25, 0.3) is 0 Å². The van der Waals surface area contributed by atoms with E-state index in [-0.39, 0.29) is 0 Å². The maximum atomic E-state index is 5.82. The number of hydrogen-bond donors (Lipinski definition) is 0. The summed E-state index contributed by atoms with van der Waals surface area (Å²) in [6.45, 7) is 2.68. The molecule has 0 spiro atoms. The van der Waals surface area contributed by atoms with Crippen LogP contribution in [0.4, 0.5) is 0 Å². The van der Waals surface area contributed by atoms with Crippen molar-refractivity contribution in [2.45, 2.75) is 25.8 Å². The van der Waals surface area contributed by atoms with E-state index >= 15 is 0 Å². The van der Waals surface area contributed by atoms with Gasteiger partial charge in [0.05, 0.1) is 7.11 Å². The molecule has 0 N–H and O–H groups in total. The Bertz CT molecular complexity index is 549. The van der Waals surface area contributed by atoms with E-state index < -0.39 is 0 Å². The molecule has 0 unspecified atom stereocenters. The number of hydrogen-bond acceptors (Lipinski definition) is 2. The molecular formula is C17H19ClO2. The molecule has 2 aromatic carbocycles. The second-order valence-electron chi connectivity index (χ2n) is 4.58. The monoisotopic (exact) mass is 290 g/mol. The number of ether oxygens (including phenoxy) is 2. The number of rotatable bonds is 6. The summed E-state index contributed by atoms with van der Waals surface area (Å²) in [5, 5.41) is 0. The van der Waals surface area contributed by atoms with Crippen LogP contribution in [0.5, 0.6) is 11.5 Å². The van der Waals surface area contributed by atoms with Crippen molar-refractivity contribution >= 4 is 11.6 Å². The molecule has 0 radical (unpaired) electrons. The summed E-state index contributed by atoms with van der Waals surface area (Å²) in [7, 11) is 1.64. The lowest BCUT2D eigenvalue weighted by Crippen LogP contribution is -1.98. The highest BCUT2D eigenvalue weighted by atomic mass is 35.5. The van der Waals surface area contributed by atoms with Crippen molar-refractivity contribution in [1.29, 1.82) is 0 Å². The highest BCUT2D eigenvalue weighted by molar-refractivity contribution is 6.17. The fourth-order valence-corrected chi connectivity index (χ4v) is 2.11. The van der Waals surface area contributed by atoms with Crippen LogP contribution in [-0.2, 0) is 18.9 Å². The molecule has 2 nitrogen and oxygen atoms in total. The minimum absolute atomic E-state index is 0.467. The van der Waals surface area contributed by atoms with Crippen molar-refractivity contribution in [1.82, 2.24) is 0 Å². The SMILES string of the molecule is CCc1ccc(COc2ccc(CCl)cc2OC)cc1. The molecular weight excluding hydrogens is 272 g/mol. The highest BCUT2D eigenvalue weighted by Crippen LogP contribution is 2.29. The van der Waals surface area contributed by atoms with E-state index in [4.69, 9.17) is 21.1 Å². The summed E-state index contributed by atoms with van der Waals surface area (Å²) < 4.78 is 11.1. The predicted molar refractivity (Wildman–Crippen MR) is 82.7 cm³/mol. The zero-order chi connectivity index (χ0) is 14.4. The molecule has 0 saturated heterocycles. The average Bonchev–Trinajstić information content (AvgIpc) is 2.53. The van der Waals surface area contributed by atoms with Crippen molar-refractivity contribution in [2.75, 3.05) is 7.11 Å². The van der Waals surface area contributed by atoms with Crippen LogP contribution in [0.1, 0.15) is 23.6 Å². The Morgan fingerprint density at radius 2 is 1.55 bits per heavy atom. The number of halogens is 1. The van der Waals surface area contributed by atoms with Crippen LogP contribution in [-0.4, -0.2) is 7.11 Å². The Kier molecular flexibility index (Phi) is 5.31. The average molecular weight is 291 g/mol. The molecule has 106 valence electrons. The first-order valence-electron chi connectivity index (χ1n) is 6.70. The lowest BCUT2D eigenvalue weighted by Gasteiger charge is -2.12. The first kappa shape index (κ1) is 14.7. The van der Waals surface area contributed by atoms with Crippen LogP contribution in [0.3, 0.4) is 0 Å². The topological polar surface area (TPSA) is 18.5 Å². The fourth-order valence-electron chi connectivity index (χ4n) is 1.95. The largest absolute Gasteiger partial charge is 0.493 e. The summed E-state index contributed by atoms with van der Waals surface area (Å²) in [4.78, 5) is 0. The normalized spacial score (nSPS) is 10.3. The van der Waals surface area contributed by atoms with Crippen molar-refractivity contribution in [3.05, 3.63) is 59.2 Å². The third-order valence-electron chi connectivity index (χ3n) is 3.21. The minimum Gasteiger partial charge on any atom is -0.493 e. The van der Waals surface area contributed by atoms with E-state index in [1.807, 2.05) is 18.2 Å². The number of benzene rings is 2. The number of aryl methyl sites for hydroxylation is 1. The molecule has 0 fully saturated rings. The summed E-state index contributed by atoms with van der Waals surface area (Å²) in [5.74, 6) is 1.92. The maximum absolute atomic E-state index is 5.82. The molecule has 0 aliphatic heterocycles. The minimum atomic E-state index is 0.467. The molecule has 0 atom stereocenters. The maximum Gasteiger partial charge on any atom is 0.161 e. The molecule has 0 heterocycles. The molecule has 3 heteroatoms. The molecule has 2 rings (SSSR count). The van der Waals surface area contributed by atoms with Crippen LogP contribution in [0.2, 0.25) is 0 Å². The van der Waals surface area contributed by atoms with Crippen molar-refractivity contribution in [3.63, 3.8) is 0 Å². The Morgan fingerprint density at radius 3 is 2.15 bits per heavy atom. The van der Waals surface area contributed by atoms with Gasteiger partial charge in [-0.3, -0.25) is 0 Å². The molecule has 20 heavy (non-hydrogen) atoms. The lowest BCUT2D eigenvalue weighted by molar-refractivity contribution is 0.284. The van der Waals surface area contributed by atoms with Crippen LogP contribution >= 0.6 is 11.6 Å². The highest BCUT2D eigenvalue weighted by Gasteiger charge is 2.06. The van der Waals surface area contributed by atoms with E-state index in [2.05, 4.69) is 31.2 Å². The van der Waals surface area contributed by atoms with Gasteiger partial charge >= 0.3 is 0 Å².